The lowest BCUT2D eigenvalue weighted by atomic mass is 9.73. The summed E-state index contributed by atoms with van der Waals surface area (Å²) in [6, 6.07) is 5.84. The van der Waals surface area contributed by atoms with Crippen LogP contribution in [0.2, 0.25) is 0 Å². The van der Waals surface area contributed by atoms with Gasteiger partial charge in [0.15, 0.2) is 6.61 Å². The Morgan fingerprint density at radius 3 is 2.74 bits per heavy atom. The maximum absolute atomic E-state index is 12.4. The molecule has 3 rings (SSSR count). The molecule has 0 bridgehead atoms. The first-order chi connectivity index (χ1) is 16.4. The highest BCUT2D eigenvalue weighted by atomic mass is 16.5. The second kappa shape index (κ2) is 13.1. The molecule has 2 aliphatic carbocycles. The molecule has 2 N–H and O–H groups in total. The van der Waals surface area contributed by atoms with Gasteiger partial charge in [-0.3, -0.25) is 4.79 Å². The number of rotatable bonds is 14. The molecule has 0 radical (unpaired) electrons. The Labute approximate surface area is 202 Å². The molecule has 5 atom stereocenters. The van der Waals surface area contributed by atoms with Crippen molar-refractivity contribution in [2.45, 2.75) is 83.3 Å². The third-order valence-electron chi connectivity index (χ3n) is 7.44. The monoisotopic (exact) mass is 476 g/mol. The number of carboxylic acids is 1. The predicted molar refractivity (Wildman–Crippen MR) is 128 cm³/mol. The molecule has 7 heteroatoms. The zero-order valence-electron chi connectivity index (χ0n) is 20.5. The Balaban J connectivity index is 1.72. The molecule has 1 aromatic rings. The predicted octanol–water partition coefficient (Wildman–Crippen LogP) is 4.17. The zero-order valence-corrected chi connectivity index (χ0v) is 20.5. The van der Waals surface area contributed by atoms with Crippen molar-refractivity contribution < 1.29 is 34.0 Å². The van der Waals surface area contributed by atoms with E-state index in [1.807, 2.05) is 12.1 Å². The van der Waals surface area contributed by atoms with Crippen LogP contribution in [-0.2, 0) is 31.9 Å². The third kappa shape index (κ3) is 7.19. The number of unbranched alkanes of at least 4 members (excludes halogenated alkanes) is 2. The van der Waals surface area contributed by atoms with Crippen LogP contribution in [0.3, 0.4) is 0 Å². The topological polar surface area (TPSA) is 102 Å². The minimum atomic E-state index is -0.993. The molecule has 1 saturated carbocycles. The summed E-state index contributed by atoms with van der Waals surface area (Å²) >= 11 is 0. The van der Waals surface area contributed by atoms with Gasteiger partial charge in [-0.05, 0) is 73.5 Å². The van der Waals surface area contributed by atoms with E-state index in [0.29, 0.717) is 24.2 Å². The van der Waals surface area contributed by atoms with E-state index in [2.05, 4.69) is 13.0 Å². The fourth-order valence-corrected chi connectivity index (χ4v) is 5.76. The van der Waals surface area contributed by atoms with Crippen LogP contribution in [0.1, 0.15) is 69.4 Å². The minimum absolute atomic E-state index is 0.167. The first-order valence-corrected chi connectivity index (χ1v) is 12.7. The van der Waals surface area contributed by atoms with E-state index in [4.69, 9.17) is 19.3 Å². The van der Waals surface area contributed by atoms with Gasteiger partial charge in [0.05, 0.1) is 19.1 Å². The summed E-state index contributed by atoms with van der Waals surface area (Å²) in [5.41, 5.74) is 2.26. The highest BCUT2D eigenvalue weighted by Crippen LogP contribution is 2.49. The highest BCUT2D eigenvalue weighted by Gasteiger charge is 2.47. The Morgan fingerprint density at radius 2 is 2.00 bits per heavy atom. The Kier molecular flexibility index (Phi) is 10.2. The van der Waals surface area contributed by atoms with Gasteiger partial charge < -0.3 is 24.4 Å². The molecule has 0 aliphatic heterocycles. The molecule has 0 unspecified atom stereocenters. The molecule has 0 amide bonds. The van der Waals surface area contributed by atoms with Gasteiger partial charge in [0, 0.05) is 7.11 Å². The lowest BCUT2D eigenvalue weighted by molar-refractivity contribution is -0.152. The van der Waals surface area contributed by atoms with Crippen molar-refractivity contribution in [3.05, 3.63) is 29.3 Å². The third-order valence-corrected chi connectivity index (χ3v) is 7.44. The number of carboxylic acid groups (broad SMARTS) is 1. The van der Waals surface area contributed by atoms with Crippen LogP contribution in [0.15, 0.2) is 18.2 Å². The van der Waals surface area contributed by atoms with Crippen molar-refractivity contribution in [2.75, 3.05) is 20.3 Å². The van der Waals surface area contributed by atoms with Crippen molar-refractivity contribution >= 4 is 11.9 Å². The number of carbonyl (C=O) groups excluding carboxylic acids is 1. The van der Waals surface area contributed by atoms with E-state index in [9.17, 15) is 14.7 Å². The van der Waals surface area contributed by atoms with Crippen LogP contribution in [0.5, 0.6) is 5.75 Å². The normalized spacial score (nSPS) is 24.2. The molecule has 1 aromatic carbocycles. The number of esters is 1. The van der Waals surface area contributed by atoms with E-state index in [1.165, 1.54) is 5.56 Å². The Hall–Kier alpha value is -2.12. The first-order valence-electron chi connectivity index (χ1n) is 12.7. The van der Waals surface area contributed by atoms with Crippen LogP contribution in [0.4, 0.5) is 0 Å². The number of aliphatic carboxylic acids is 1. The number of hydrogen-bond donors (Lipinski definition) is 2. The summed E-state index contributed by atoms with van der Waals surface area (Å²) in [6.45, 7) is 2.14. The molecule has 0 saturated heterocycles. The van der Waals surface area contributed by atoms with Crippen molar-refractivity contribution in [1.29, 1.82) is 0 Å². The fourth-order valence-electron chi connectivity index (χ4n) is 5.76. The standard InChI is InChI=1S/C27H40O7/c1-3-4-5-8-20(28)10-11-21-22-14-18-7-6-9-24(33-17-26(29)30)23(18)15-19(22)16-25(21)34-27(31)12-13-32-2/h6-7,9,19-22,25,28H,3-5,8,10-17H2,1-2H3,(H,29,30)/t19-,20-,21+,22-,25+/m0/s1. The minimum Gasteiger partial charge on any atom is -0.482 e. The summed E-state index contributed by atoms with van der Waals surface area (Å²) in [4.78, 5) is 23.4. The molecule has 34 heavy (non-hydrogen) atoms. The second-order valence-electron chi connectivity index (χ2n) is 9.81. The highest BCUT2D eigenvalue weighted by molar-refractivity contribution is 5.69. The van der Waals surface area contributed by atoms with Crippen molar-refractivity contribution in [3.63, 3.8) is 0 Å². The number of methoxy groups -OCH3 is 1. The van der Waals surface area contributed by atoms with Gasteiger partial charge in [0.25, 0.3) is 0 Å². The fraction of sp³-hybridized carbons (Fsp3) is 0.704. The summed E-state index contributed by atoms with van der Waals surface area (Å²) < 4.78 is 16.5. The van der Waals surface area contributed by atoms with E-state index in [-0.39, 0.29) is 37.1 Å². The summed E-state index contributed by atoms with van der Waals surface area (Å²) in [6.07, 6.45) is 7.86. The number of fused-ring (bicyclic) bond motifs is 2. The Bertz CT molecular complexity index is 808. The number of aliphatic hydroxyl groups excluding tert-OH is 1. The lowest BCUT2D eigenvalue weighted by Crippen LogP contribution is -2.30. The second-order valence-corrected chi connectivity index (χ2v) is 9.81. The smallest absolute Gasteiger partial charge is 0.341 e. The number of benzene rings is 1. The average Bonchev–Trinajstić information content (AvgIpc) is 3.14. The lowest BCUT2D eigenvalue weighted by Gasteiger charge is -2.32. The molecule has 0 aromatic heterocycles. The molecule has 7 nitrogen and oxygen atoms in total. The van der Waals surface area contributed by atoms with Gasteiger partial charge in [-0.2, -0.15) is 0 Å². The molecule has 190 valence electrons. The van der Waals surface area contributed by atoms with Gasteiger partial charge in [-0.15, -0.1) is 0 Å². The summed E-state index contributed by atoms with van der Waals surface area (Å²) in [5.74, 6) is 0.320. The first kappa shape index (κ1) is 26.5. The molecule has 0 heterocycles. The summed E-state index contributed by atoms with van der Waals surface area (Å²) in [7, 11) is 1.57. The number of hydrogen-bond acceptors (Lipinski definition) is 6. The van der Waals surface area contributed by atoms with Crippen molar-refractivity contribution in [2.24, 2.45) is 17.8 Å². The van der Waals surface area contributed by atoms with E-state index < -0.39 is 5.97 Å². The Morgan fingerprint density at radius 1 is 1.18 bits per heavy atom. The quantitative estimate of drug-likeness (QED) is 0.307. The number of ether oxygens (including phenoxy) is 3. The maximum Gasteiger partial charge on any atom is 0.341 e. The molecular weight excluding hydrogens is 436 g/mol. The SMILES string of the molecule is CCCCC[C@H](O)CC[C@@H]1[C@H]2Cc3cccc(OCC(=O)O)c3C[C@H]2C[C@H]1OC(=O)CCOC. The van der Waals surface area contributed by atoms with Gasteiger partial charge >= 0.3 is 11.9 Å². The van der Waals surface area contributed by atoms with Gasteiger partial charge in [0.1, 0.15) is 11.9 Å². The molecule has 2 aliphatic rings. The van der Waals surface area contributed by atoms with Crippen LogP contribution in [0, 0.1) is 17.8 Å². The van der Waals surface area contributed by atoms with Gasteiger partial charge in [-0.1, -0.05) is 38.3 Å². The molecular formula is C27H40O7. The van der Waals surface area contributed by atoms with E-state index in [0.717, 1.165) is 63.4 Å². The van der Waals surface area contributed by atoms with E-state index in [1.54, 1.807) is 7.11 Å². The summed E-state index contributed by atoms with van der Waals surface area (Å²) in [5, 5.41) is 19.5. The maximum atomic E-state index is 12.4. The van der Waals surface area contributed by atoms with Gasteiger partial charge in [-0.25, -0.2) is 4.79 Å². The molecule has 1 fully saturated rings. The largest absolute Gasteiger partial charge is 0.482 e. The van der Waals surface area contributed by atoms with Gasteiger partial charge in [0.2, 0.25) is 0 Å². The van der Waals surface area contributed by atoms with Crippen LogP contribution in [-0.4, -0.2) is 54.7 Å². The number of aliphatic hydroxyl groups is 1. The zero-order chi connectivity index (χ0) is 24.5. The van der Waals surface area contributed by atoms with Crippen LogP contribution >= 0.6 is 0 Å². The van der Waals surface area contributed by atoms with Crippen molar-refractivity contribution in [1.82, 2.24) is 0 Å². The van der Waals surface area contributed by atoms with Crippen molar-refractivity contribution in [3.8, 4) is 5.75 Å². The van der Waals surface area contributed by atoms with E-state index >= 15 is 0 Å². The average molecular weight is 477 g/mol. The number of carbonyl (C=O) groups is 2. The van der Waals surface area contributed by atoms with Crippen LogP contribution < -0.4 is 4.74 Å². The molecule has 0 spiro atoms. The van der Waals surface area contributed by atoms with Crippen LogP contribution in [0.25, 0.3) is 0 Å².